The number of hydrogen-bond donors (Lipinski definition) is 0. The van der Waals surface area contributed by atoms with Gasteiger partial charge in [-0.3, -0.25) is 4.79 Å². The molecule has 4 rings (SSSR count). The molecular weight excluding hydrogens is 570 g/mol. The van der Waals surface area contributed by atoms with Crippen LogP contribution in [0.1, 0.15) is 57.2 Å². The normalized spacial score (nSPS) is 11.5. The van der Waals surface area contributed by atoms with Crippen LogP contribution in [0.4, 0.5) is 0 Å². The molecule has 43 heavy (non-hydrogen) atoms. The molecule has 0 saturated heterocycles. The van der Waals surface area contributed by atoms with E-state index < -0.39 is 5.97 Å². The van der Waals surface area contributed by atoms with Gasteiger partial charge in [0, 0.05) is 22.2 Å². The van der Waals surface area contributed by atoms with Crippen LogP contribution in [-0.4, -0.2) is 48.3 Å². The smallest absolute Gasteiger partial charge is 0.344 e. The number of benzene rings is 3. The molecule has 9 nitrogen and oxygen atoms in total. The second-order valence-electron chi connectivity index (χ2n) is 10.5. The molecule has 0 atom stereocenters. The summed E-state index contributed by atoms with van der Waals surface area (Å²) in [4.78, 5) is 31.0. The number of halogens is 1. The van der Waals surface area contributed by atoms with E-state index in [2.05, 4.69) is 18.9 Å². The van der Waals surface area contributed by atoms with Crippen molar-refractivity contribution in [2.75, 3.05) is 20.3 Å². The van der Waals surface area contributed by atoms with Crippen LogP contribution >= 0.6 is 11.6 Å². The van der Waals surface area contributed by atoms with Crippen molar-refractivity contribution < 1.29 is 23.7 Å². The molecule has 0 aliphatic rings. The molecule has 1 heterocycles. The molecule has 0 unspecified atom stereocenters. The van der Waals surface area contributed by atoms with Crippen LogP contribution in [0.3, 0.4) is 0 Å². The predicted molar refractivity (Wildman–Crippen MR) is 169 cm³/mol. The third-order valence-electron chi connectivity index (χ3n) is 6.56. The van der Waals surface area contributed by atoms with Crippen LogP contribution < -0.4 is 19.8 Å². The molecule has 4 aromatic rings. The highest BCUT2D eigenvalue weighted by molar-refractivity contribution is 6.31. The van der Waals surface area contributed by atoms with Gasteiger partial charge in [-0.05, 0) is 75.1 Å². The molecule has 0 N–H and O–H groups in total. The zero-order chi connectivity index (χ0) is 31.3. The highest BCUT2D eigenvalue weighted by atomic mass is 35.5. The number of aromatic nitrogens is 2. The van der Waals surface area contributed by atoms with Gasteiger partial charge in [-0.1, -0.05) is 37.6 Å². The first-order valence-corrected chi connectivity index (χ1v) is 14.4. The van der Waals surface area contributed by atoms with Gasteiger partial charge in [0.05, 0.1) is 36.9 Å². The maximum Gasteiger partial charge on any atom is 0.344 e. The second kappa shape index (κ2) is 13.7. The molecule has 0 aliphatic heterocycles. The Morgan fingerprint density at radius 3 is 2.49 bits per heavy atom. The highest BCUT2D eigenvalue weighted by Crippen LogP contribution is 2.36. The van der Waals surface area contributed by atoms with Crippen LogP contribution in [0.15, 0.2) is 58.4 Å². The summed E-state index contributed by atoms with van der Waals surface area (Å²) in [5.41, 5.74) is 3.18. The van der Waals surface area contributed by atoms with Gasteiger partial charge >= 0.3 is 5.97 Å². The molecule has 0 aliphatic carbocycles. The van der Waals surface area contributed by atoms with Gasteiger partial charge in [-0.15, -0.1) is 0 Å². The maximum absolute atomic E-state index is 13.9. The van der Waals surface area contributed by atoms with E-state index in [0.29, 0.717) is 39.7 Å². The zero-order valence-corrected chi connectivity index (χ0v) is 26.2. The Hall–Kier alpha value is -4.37. The van der Waals surface area contributed by atoms with E-state index in [1.807, 2.05) is 32.0 Å². The predicted octanol–water partition coefficient (Wildman–Crippen LogP) is 6.77. The van der Waals surface area contributed by atoms with E-state index >= 15 is 0 Å². The Morgan fingerprint density at radius 2 is 1.81 bits per heavy atom. The van der Waals surface area contributed by atoms with Crippen LogP contribution in [0.25, 0.3) is 22.3 Å². The first kappa shape index (κ1) is 31.6. The number of para-hydroxylation sites is 1. The number of esters is 1. The van der Waals surface area contributed by atoms with Gasteiger partial charge in [0.1, 0.15) is 5.75 Å². The first-order chi connectivity index (χ1) is 20.5. The summed E-state index contributed by atoms with van der Waals surface area (Å²) in [6, 6.07) is 14.3. The third-order valence-corrected chi connectivity index (χ3v) is 6.77. The lowest BCUT2D eigenvalue weighted by Crippen LogP contribution is -2.21. The van der Waals surface area contributed by atoms with E-state index in [1.165, 1.54) is 18.0 Å². The van der Waals surface area contributed by atoms with Gasteiger partial charge in [0.25, 0.3) is 5.56 Å². The van der Waals surface area contributed by atoms with Crippen molar-refractivity contribution >= 4 is 34.7 Å². The largest absolute Gasteiger partial charge is 0.494 e. The molecule has 3 aromatic carbocycles. The van der Waals surface area contributed by atoms with Crippen LogP contribution in [0, 0.1) is 6.92 Å². The Labute approximate surface area is 256 Å². The van der Waals surface area contributed by atoms with E-state index in [9.17, 15) is 9.59 Å². The number of carbonyl (C=O) groups is 1. The van der Waals surface area contributed by atoms with E-state index in [4.69, 9.17) is 35.5 Å². The molecule has 226 valence electrons. The van der Waals surface area contributed by atoms with Gasteiger partial charge < -0.3 is 18.9 Å². The van der Waals surface area contributed by atoms with E-state index in [0.717, 1.165) is 22.4 Å². The van der Waals surface area contributed by atoms with Crippen LogP contribution in [-0.2, 0) is 9.53 Å². The number of fused-ring (bicyclic) bond motifs is 1. The molecule has 0 radical (unpaired) electrons. The van der Waals surface area contributed by atoms with Gasteiger partial charge in [0.2, 0.25) is 0 Å². The first-order valence-electron chi connectivity index (χ1n) is 14.1. The molecule has 10 heteroatoms. The average Bonchev–Trinajstić information content (AvgIpc) is 2.95. The van der Waals surface area contributed by atoms with Crippen molar-refractivity contribution in [1.29, 1.82) is 0 Å². The number of carbonyl (C=O) groups excluding carboxylic acids is 1. The Morgan fingerprint density at radius 1 is 1.07 bits per heavy atom. The molecule has 0 spiro atoms. The molecule has 0 saturated carbocycles. The Bertz CT molecular complexity index is 1730. The summed E-state index contributed by atoms with van der Waals surface area (Å²) in [5, 5.41) is 5.36. The lowest BCUT2D eigenvalue weighted by Gasteiger charge is -2.18. The fourth-order valence-electron chi connectivity index (χ4n) is 4.61. The minimum absolute atomic E-state index is 0.158. The molecule has 0 amide bonds. The number of rotatable bonds is 11. The quantitative estimate of drug-likeness (QED) is 0.137. The van der Waals surface area contributed by atoms with Gasteiger partial charge in [-0.25, -0.2) is 9.78 Å². The highest BCUT2D eigenvalue weighted by Gasteiger charge is 2.20. The summed E-state index contributed by atoms with van der Waals surface area (Å²) in [6.45, 7) is 11.7. The van der Waals surface area contributed by atoms with Crippen molar-refractivity contribution in [2.45, 2.75) is 53.6 Å². The van der Waals surface area contributed by atoms with Gasteiger partial charge in [-0.2, -0.15) is 9.78 Å². The molecule has 0 fully saturated rings. The van der Waals surface area contributed by atoms with E-state index in [1.54, 1.807) is 44.2 Å². The minimum atomic E-state index is -0.543. The van der Waals surface area contributed by atoms with Crippen molar-refractivity contribution in [2.24, 2.45) is 5.10 Å². The standard InChI is InChI=1S/C33H36ClN3O6/c1-8-41-28-13-21(6)26(16-25(28)19(2)3)32-36-27-12-10-9-11-24(27)33(39)37(32)35-17-22-14-23(34)15-29(40-7)31(22)42-18-30(38)43-20(4)5/h9-17,19-20H,8,18H2,1-7H3. The summed E-state index contributed by atoms with van der Waals surface area (Å²) in [7, 11) is 1.46. The monoisotopic (exact) mass is 605 g/mol. The maximum atomic E-state index is 13.9. The number of nitrogens with zero attached hydrogens (tertiary/aromatic N) is 3. The molecule has 1 aromatic heterocycles. The lowest BCUT2D eigenvalue weighted by molar-refractivity contribution is -0.149. The number of aryl methyl sites for hydroxylation is 1. The second-order valence-corrected chi connectivity index (χ2v) is 10.9. The third kappa shape index (κ3) is 7.17. The lowest BCUT2D eigenvalue weighted by atomic mass is 9.96. The fourth-order valence-corrected chi connectivity index (χ4v) is 4.83. The number of methoxy groups -OCH3 is 1. The molecular formula is C33H36ClN3O6. The Kier molecular flexibility index (Phi) is 10.1. The SMILES string of the molecule is CCOc1cc(C)c(-c2nc3ccccc3c(=O)n2N=Cc2cc(Cl)cc(OC)c2OCC(=O)OC(C)C)cc1C(C)C. The van der Waals surface area contributed by atoms with Crippen LogP contribution in [0.5, 0.6) is 17.2 Å². The fraction of sp³-hybridized carbons (Fsp3) is 0.333. The summed E-state index contributed by atoms with van der Waals surface area (Å²) >= 11 is 6.38. The Balaban J connectivity index is 1.91. The summed E-state index contributed by atoms with van der Waals surface area (Å²) in [5.74, 6) is 1.28. The number of ether oxygens (including phenoxy) is 4. The minimum Gasteiger partial charge on any atom is -0.494 e. The molecule has 0 bridgehead atoms. The van der Waals surface area contributed by atoms with Crippen LogP contribution in [0.2, 0.25) is 5.02 Å². The zero-order valence-electron chi connectivity index (χ0n) is 25.4. The van der Waals surface area contributed by atoms with Crippen molar-refractivity contribution in [3.63, 3.8) is 0 Å². The van der Waals surface area contributed by atoms with Crippen molar-refractivity contribution in [1.82, 2.24) is 9.66 Å². The van der Waals surface area contributed by atoms with Crippen molar-refractivity contribution in [3.8, 4) is 28.6 Å². The summed E-state index contributed by atoms with van der Waals surface area (Å²) < 4.78 is 23.7. The van der Waals surface area contributed by atoms with Gasteiger partial charge in [0.15, 0.2) is 23.9 Å². The van der Waals surface area contributed by atoms with E-state index in [-0.39, 0.29) is 29.9 Å². The topological polar surface area (TPSA) is 101 Å². The van der Waals surface area contributed by atoms with Crippen molar-refractivity contribution in [3.05, 3.63) is 80.6 Å². The average molecular weight is 606 g/mol. The number of hydrogen-bond acceptors (Lipinski definition) is 8. The summed E-state index contributed by atoms with van der Waals surface area (Å²) in [6.07, 6.45) is 1.14.